The highest BCUT2D eigenvalue weighted by Crippen LogP contribution is 2.24. The Morgan fingerprint density at radius 2 is 1.72 bits per heavy atom. The highest BCUT2D eigenvalue weighted by molar-refractivity contribution is 7.96. The van der Waals surface area contributed by atoms with E-state index in [4.69, 9.17) is 9.29 Å². The summed E-state index contributed by atoms with van der Waals surface area (Å²) in [7, 11) is 1.83. The molecule has 29 heavy (non-hydrogen) atoms. The Kier molecular flexibility index (Phi) is 7.16. The number of anilines is 2. The molecular weight excluding hydrogens is 384 g/mol. The molecule has 0 amide bonds. The van der Waals surface area contributed by atoms with Crippen molar-refractivity contribution >= 4 is 29.6 Å². The van der Waals surface area contributed by atoms with Crippen molar-refractivity contribution in [2.75, 3.05) is 23.3 Å². The molecule has 0 fully saturated rings. The van der Waals surface area contributed by atoms with Crippen molar-refractivity contribution in [1.82, 2.24) is 0 Å². The predicted molar refractivity (Wildman–Crippen MR) is 120 cm³/mol. The Hall–Kier alpha value is -2.96. The fourth-order valence-corrected chi connectivity index (χ4v) is 3.40. The van der Waals surface area contributed by atoms with E-state index in [0.29, 0.717) is 0 Å². The van der Waals surface area contributed by atoms with Crippen LogP contribution in [0.4, 0.5) is 11.4 Å². The number of nitrogens with zero attached hydrogens (tertiary/aromatic N) is 1. The Bertz CT molecular complexity index is 960. The van der Waals surface area contributed by atoms with Crippen LogP contribution in [0.15, 0.2) is 72.8 Å². The van der Waals surface area contributed by atoms with Crippen LogP contribution in [0.1, 0.15) is 11.1 Å². The number of rotatable bonds is 9. The summed E-state index contributed by atoms with van der Waals surface area (Å²) in [5, 5.41) is 12.1. The van der Waals surface area contributed by atoms with Gasteiger partial charge in [-0.1, -0.05) is 48.0 Å². The van der Waals surface area contributed by atoms with E-state index in [2.05, 4.69) is 60.8 Å². The molecule has 0 spiro atoms. The first kappa shape index (κ1) is 20.8. The zero-order valence-corrected chi connectivity index (χ0v) is 17.3. The van der Waals surface area contributed by atoms with Crippen LogP contribution < -0.4 is 9.62 Å². The van der Waals surface area contributed by atoms with Crippen LogP contribution in [0.2, 0.25) is 0 Å². The van der Waals surface area contributed by atoms with Gasteiger partial charge in [-0.2, -0.15) is 0 Å². The molecule has 3 rings (SSSR count). The van der Waals surface area contributed by atoms with Gasteiger partial charge < -0.3 is 10.4 Å². The van der Waals surface area contributed by atoms with Crippen molar-refractivity contribution in [3.8, 4) is 11.1 Å². The molecule has 0 heterocycles. The summed E-state index contributed by atoms with van der Waals surface area (Å²) >= 11 is 1.01. The topological polar surface area (TPSA) is 61.8 Å². The maximum atomic E-state index is 10.5. The zero-order valence-electron chi connectivity index (χ0n) is 16.5. The first-order valence-corrected chi connectivity index (χ1v) is 9.96. The van der Waals surface area contributed by atoms with Crippen LogP contribution in [-0.4, -0.2) is 24.7 Å². The van der Waals surface area contributed by atoms with E-state index in [-0.39, 0.29) is 6.61 Å². The van der Waals surface area contributed by atoms with Gasteiger partial charge in [0.25, 0.3) is 0 Å². The van der Waals surface area contributed by atoms with E-state index >= 15 is 0 Å². The lowest BCUT2D eigenvalue weighted by molar-refractivity contribution is -0.138. The monoisotopic (exact) mass is 408 g/mol. The fourth-order valence-electron chi connectivity index (χ4n) is 2.88. The molecule has 0 aliphatic carbocycles. The normalized spacial score (nSPS) is 10.6. The number of carboxylic acids is 1. The van der Waals surface area contributed by atoms with Crippen molar-refractivity contribution in [2.45, 2.75) is 13.5 Å². The molecule has 0 aliphatic rings. The van der Waals surface area contributed by atoms with Gasteiger partial charge in [0.15, 0.2) is 6.61 Å². The average Bonchev–Trinajstić information content (AvgIpc) is 2.72. The van der Waals surface area contributed by atoms with Crippen LogP contribution >= 0.6 is 12.2 Å². The summed E-state index contributed by atoms with van der Waals surface area (Å²) in [6, 6.07) is 25.0. The molecule has 2 N–H and O–H groups in total. The Labute approximate surface area is 175 Å². The Morgan fingerprint density at radius 1 is 1.03 bits per heavy atom. The lowest BCUT2D eigenvalue weighted by atomic mass is 10.0. The van der Waals surface area contributed by atoms with Crippen molar-refractivity contribution in [1.29, 1.82) is 0 Å². The molecule has 5 nitrogen and oxygen atoms in total. The molecular formula is C23H24N2O3S. The number of aryl methyl sites for hydroxylation is 1. The maximum Gasteiger partial charge on any atom is 0.331 e. The van der Waals surface area contributed by atoms with Crippen LogP contribution in [-0.2, 0) is 15.5 Å². The summed E-state index contributed by atoms with van der Waals surface area (Å²) in [4.78, 5) is 10.5. The van der Waals surface area contributed by atoms with Crippen molar-refractivity contribution in [3.05, 3.63) is 83.9 Å². The quantitative estimate of drug-likeness (QED) is 0.366. The highest BCUT2D eigenvalue weighted by atomic mass is 32.2. The molecule has 0 bridgehead atoms. The summed E-state index contributed by atoms with van der Waals surface area (Å²) in [6.45, 7) is 2.49. The minimum Gasteiger partial charge on any atom is -0.479 e. The molecule has 150 valence electrons. The van der Waals surface area contributed by atoms with Gasteiger partial charge in [-0.3, -0.25) is 8.49 Å². The molecule has 0 saturated heterocycles. The van der Waals surface area contributed by atoms with Crippen LogP contribution in [0.5, 0.6) is 0 Å². The lowest BCUT2D eigenvalue weighted by Gasteiger charge is -2.17. The van der Waals surface area contributed by atoms with Gasteiger partial charge in [0.05, 0.1) is 0 Å². The molecule has 3 aromatic carbocycles. The van der Waals surface area contributed by atoms with E-state index in [0.717, 1.165) is 30.1 Å². The van der Waals surface area contributed by atoms with Gasteiger partial charge >= 0.3 is 5.97 Å². The number of carboxylic acid groups (broad SMARTS) is 1. The third-order valence-corrected chi connectivity index (χ3v) is 5.01. The number of aliphatic carboxylic acids is 1. The Morgan fingerprint density at radius 3 is 2.41 bits per heavy atom. The third-order valence-electron chi connectivity index (χ3n) is 4.35. The van der Waals surface area contributed by atoms with Gasteiger partial charge in [-0.05, 0) is 53.9 Å². The molecule has 0 saturated carbocycles. The number of nitrogens with one attached hydrogen (secondary N) is 1. The van der Waals surface area contributed by atoms with E-state index in [1.165, 1.54) is 22.3 Å². The number of benzene rings is 3. The summed E-state index contributed by atoms with van der Waals surface area (Å²) < 4.78 is 6.81. The van der Waals surface area contributed by atoms with E-state index in [1.807, 2.05) is 31.3 Å². The van der Waals surface area contributed by atoms with Crippen LogP contribution in [0.25, 0.3) is 11.1 Å². The zero-order chi connectivity index (χ0) is 20.6. The van der Waals surface area contributed by atoms with Crippen molar-refractivity contribution in [3.63, 3.8) is 0 Å². The van der Waals surface area contributed by atoms with E-state index < -0.39 is 5.97 Å². The minimum absolute atomic E-state index is 0.337. The smallest absolute Gasteiger partial charge is 0.331 e. The highest BCUT2D eigenvalue weighted by Gasteiger charge is 2.05. The summed E-state index contributed by atoms with van der Waals surface area (Å²) in [5.74, 6) is -0.989. The maximum absolute atomic E-state index is 10.5. The van der Waals surface area contributed by atoms with Gasteiger partial charge in [-0.25, -0.2) is 4.79 Å². The van der Waals surface area contributed by atoms with Crippen LogP contribution in [0, 0.1) is 6.92 Å². The summed E-state index contributed by atoms with van der Waals surface area (Å²) in [6.07, 6.45) is 0. The number of carbonyl (C=O) groups is 1. The predicted octanol–water partition coefficient (Wildman–Crippen LogP) is 5.37. The Balaban J connectivity index is 1.57. The standard InChI is InChI=1S/C23H24N2O3S/c1-17-5-3-7-19(13-17)20-8-4-6-18(14-20)15-24-21-9-11-22(12-10-21)25(2)29-28-16-23(26)27/h3-14,24H,15-16H2,1-2H3,(H,26,27). The third kappa shape index (κ3) is 6.27. The molecule has 6 heteroatoms. The molecule has 0 aliphatic heterocycles. The van der Waals surface area contributed by atoms with Gasteiger partial charge in [0.1, 0.15) is 12.2 Å². The second-order valence-corrected chi connectivity index (χ2v) is 7.63. The second kappa shape index (κ2) is 10.0. The van der Waals surface area contributed by atoms with Gasteiger partial charge in [-0.15, -0.1) is 0 Å². The minimum atomic E-state index is -0.989. The van der Waals surface area contributed by atoms with Gasteiger partial charge in [0.2, 0.25) is 0 Å². The molecule has 0 radical (unpaired) electrons. The first-order valence-electron chi connectivity index (χ1n) is 9.26. The molecule has 0 aromatic heterocycles. The van der Waals surface area contributed by atoms with Crippen LogP contribution in [0.3, 0.4) is 0 Å². The van der Waals surface area contributed by atoms with Crippen molar-refractivity contribution in [2.24, 2.45) is 0 Å². The first-order chi connectivity index (χ1) is 14.0. The van der Waals surface area contributed by atoms with E-state index in [9.17, 15) is 4.79 Å². The van der Waals surface area contributed by atoms with Crippen molar-refractivity contribution < 1.29 is 14.1 Å². The largest absolute Gasteiger partial charge is 0.479 e. The second-order valence-electron chi connectivity index (χ2n) is 6.70. The number of hydrogen-bond acceptors (Lipinski definition) is 5. The molecule has 0 atom stereocenters. The van der Waals surface area contributed by atoms with Gasteiger partial charge in [0, 0.05) is 25.0 Å². The number of hydrogen-bond donors (Lipinski definition) is 2. The molecule has 0 unspecified atom stereocenters. The fraction of sp³-hybridized carbons (Fsp3) is 0.174. The molecule has 3 aromatic rings. The van der Waals surface area contributed by atoms with E-state index in [1.54, 1.807) is 4.31 Å². The average molecular weight is 409 g/mol. The SMILES string of the molecule is Cc1cccc(-c2cccc(CNc3ccc(N(C)SOCC(=O)O)cc3)c2)c1. The summed E-state index contributed by atoms with van der Waals surface area (Å²) in [5.41, 5.74) is 6.84. The lowest BCUT2D eigenvalue weighted by Crippen LogP contribution is -2.11.